The van der Waals surface area contributed by atoms with E-state index < -0.39 is 0 Å². The Labute approximate surface area is 121 Å². The third-order valence-corrected chi connectivity index (χ3v) is 4.32. The Balaban J connectivity index is 2.23. The maximum absolute atomic E-state index is 13.0. The van der Waals surface area contributed by atoms with Crippen LogP contribution < -0.4 is 5.73 Å². The Bertz CT molecular complexity index is 569. The topological polar surface area (TPSA) is 38.9 Å². The van der Waals surface area contributed by atoms with Crippen molar-refractivity contribution in [1.82, 2.24) is 4.98 Å². The number of nitrogens with zero attached hydrogens (tertiary/aromatic N) is 1. The van der Waals surface area contributed by atoms with Gasteiger partial charge in [-0.1, -0.05) is 31.0 Å². The zero-order chi connectivity index (χ0) is 13.8. The molecule has 0 unspecified atom stereocenters. The van der Waals surface area contributed by atoms with E-state index in [1.54, 1.807) is 17.4 Å². The highest BCUT2D eigenvalue weighted by Crippen LogP contribution is 2.25. The number of aryl methyl sites for hydroxylation is 1. The van der Waals surface area contributed by atoms with Crippen LogP contribution in [0.1, 0.15) is 34.5 Å². The van der Waals surface area contributed by atoms with Crippen LogP contribution in [0.5, 0.6) is 0 Å². The van der Waals surface area contributed by atoms with Gasteiger partial charge in [0.15, 0.2) is 0 Å². The van der Waals surface area contributed by atoms with Crippen molar-refractivity contribution in [3.63, 3.8) is 0 Å². The van der Waals surface area contributed by atoms with Gasteiger partial charge in [0.1, 0.15) is 5.82 Å². The summed E-state index contributed by atoms with van der Waals surface area (Å²) in [5.41, 5.74) is 7.71. The van der Waals surface area contributed by atoms with Crippen molar-refractivity contribution >= 4 is 22.9 Å². The van der Waals surface area contributed by atoms with Crippen molar-refractivity contribution in [2.24, 2.45) is 5.73 Å². The van der Waals surface area contributed by atoms with E-state index in [2.05, 4.69) is 11.9 Å². The van der Waals surface area contributed by atoms with E-state index in [1.165, 1.54) is 12.1 Å². The van der Waals surface area contributed by atoms with Gasteiger partial charge in [0.25, 0.3) is 0 Å². The number of nitrogens with two attached hydrogens (primary N) is 1. The van der Waals surface area contributed by atoms with Gasteiger partial charge >= 0.3 is 0 Å². The Morgan fingerprint density at radius 2 is 2.21 bits per heavy atom. The molecule has 0 saturated heterocycles. The van der Waals surface area contributed by atoms with E-state index in [1.807, 2.05) is 0 Å². The van der Waals surface area contributed by atoms with Crippen LogP contribution in [0.4, 0.5) is 4.39 Å². The molecule has 1 aromatic heterocycles. The summed E-state index contributed by atoms with van der Waals surface area (Å²) in [5, 5.41) is 1.43. The molecule has 0 radical (unpaired) electrons. The van der Waals surface area contributed by atoms with Crippen LogP contribution in [0.15, 0.2) is 18.2 Å². The van der Waals surface area contributed by atoms with Gasteiger partial charge in [-0.3, -0.25) is 0 Å². The highest BCUT2D eigenvalue weighted by Gasteiger charge is 2.11. The molecule has 2 rings (SSSR count). The third-order valence-electron chi connectivity index (χ3n) is 2.85. The molecule has 0 fully saturated rings. The molecule has 19 heavy (non-hydrogen) atoms. The fraction of sp³-hybridized carbons (Fsp3) is 0.357. The molecule has 0 atom stereocenters. The van der Waals surface area contributed by atoms with Crippen LogP contribution >= 0.6 is 22.9 Å². The maximum Gasteiger partial charge on any atom is 0.124 e. The van der Waals surface area contributed by atoms with Crippen molar-refractivity contribution < 1.29 is 4.39 Å². The standard InChI is InChI=1S/C14H16ClFN2S/c1-2-3-12-13(8-17)19-14(18-12)6-9-4-5-10(16)7-11(9)15/h4-5,7H,2-3,6,8,17H2,1H3. The Hall–Kier alpha value is -0.970. The van der Waals surface area contributed by atoms with Gasteiger partial charge in [0.2, 0.25) is 0 Å². The molecule has 0 bridgehead atoms. The second kappa shape index (κ2) is 6.46. The fourth-order valence-electron chi connectivity index (χ4n) is 1.93. The monoisotopic (exact) mass is 298 g/mol. The molecule has 102 valence electrons. The molecule has 0 aliphatic heterocycles. The molecule has 5 heteroatoms. The van der Waals surface area contributed by atoms with Gasteiger partial charge in [0, 0.05) is 22.9 Å². The van der Waals surface area contributed by atoms with E-state index in [0.717, 1.165) is 34.0 Å². The molecule has 0 amide bonds. The normalized spacial score (nSPS) is 10.9. The first-order chi connectivity index (χ1) is 9.13. The minimum Gasteiger partial charge on any atom is -0.326 e. The van der Waals surface area contributed by atoms with Crippen molar-refractivity contribution in [3.05, 3.63) is 50.2 Å². The number of hydrogen-bond donors (Lipinski definition) is 1. The van der Waals surface area contributed by atoms with E-state index >= 15 is 0 Å². The van der Waals surface area contributed by atoms with Crippen molar-refractivity contribution in [2.45, 2.75) is 32.7 Å². The summed E-state index contributed by atoms with van der Waals surface area (Å²) >= 11 is 7.65. The number of hydrogen-bond acceptors (Lipinski definition) is 3. The number of benzene rings is 1. The van der Waals surface area contributed by atoms with Gasteiger partial charge in [-0.25, -0.2) is 9.37 Å². The molecule has 0 aliphatic carbocycles. The van der Waals surface area contributed by atoms with Crippen LogP contribution in [0.25, 0.3) is 0 Å². The van der Waals surface area contributed by atoms with Crippen LogP contribution in [-0.4, -0.2) is 4.98 Å². The van der Waals surface area contributed by atoms with E-state index in [0.29, 0.717) is 18.0 Å². The molecule has 1 heterocycles. The summed E-state index contributed by atoms with van der Waals surface area (Å²) in [6.45, 7) is 2.64. The summed E-state index contributed by atoms with van der Waals surface area (Å²) in [6, 6.07) is 4.47. The lowest BCUT2D eigenvalue weighted by atomic mass is 10.1. The molecule has 1 aromatic carbocycles. The van der Waals surface area contributed by atoms with E-state index in [4.69, 9.17) is 17.3 Å². The number of thiazole rings is 1. The average Bonchev–Trinajstić information content (AvgIpc) is 2.75. The van der Waals surface area contributed by atoms with Gasteiger partial charge in [-0.05, 0) is 24.1 Å². The average molecular weight is 299 g/mol. The third kappa shape index (κ3) is 3.53. The quantitative estimate of drug-likeness (QED) is 0.908. The Morgan fingerprint density at radius 3 is 2.84 bits per heavy atom. The highest BCUT2D eigenvalue weighted by molar-refractivity contribution is 7.11. The van der Waals surface area contributed by atoms with E-state index in [9.17, 15) is 4.39 Å². The zero-order valence-corrected chi connectivity index (χ0v) is 12.3. The van der Waals surface area contributed by atoms with Crippen molar-refractivity contribution in [1.29, 1.82) is 0 Å². The second-order valence-corrected chi connectivity index (χ2v) is 5.92. The summed E-state index contributed by atoms with van der Waals surface area (Å²) in [5.74, 6) is -0.317. The van der Waals surface area contributed by atoms with Crippen LogP contribution in [0.2, 0.25) is 5.02 Å². The first-order valence-corrected chi connectivity index (χ1v) is 7.45. The summed E-state index contributed by atoms with van der Waals surface area (Å²) in [7, 11) is 0. The number of rotatable bonds is 5. The largest absolute Gasteiger partial charge is 0.326 e. The lowest BCUT2D eigenvalue weighted by molar-refractivity contribution is 0.627. The first-order valence-electron chi connectivity index (χ1n) is 6.25. The van der Waals surface area contributed by atoms with Gasteiger partial charge in [-0.15, -0.1) is 11.3 Å². The Morgan fingerprint density at radius 1 is 1.42 bits per heavy atom. The fourth-order valence-corrected chi connectivity index (χ4v) is 3.18. The minimum atomic E-state index is -0.317. The maximum atomic E-state index is 13.0. The molecule has 0 spiro atoms. The minimum absolute atomic E-state index is 0.317. The second-order valence-electron chi connectivity index (χ2n) is 4.34. The van der Waals surface area contributed by atoms with E-state index in [-0.39, 0.29) is 5.82 Å². The zero-order valence-electron chi connectivity index (χ0n) is 10.7. The predicted molar refractivity (Wildman–Crippen MR) is 78.2 cm³/mol. The number of aromatic nitrogens is 1. The molecule has 2 nitrogen and oxygen atoms in total. The molecule has 2 N–H and O–H groups in total. The summed E-state index contributed by atoms with van der Waals surface area (Å²) in [4.78, 5) is 5.75. The van der Waals surface area contributed by atoms with Crippen molar-refractivity contribution in [2.75, 3.05) is 0 Å². The lowest BCUT2D eigenvalue weighted by Crippen LogP contribution is -1.98. The summed E-state index contributed by atoms with van der Waals surface area (Å²) < 4.78 is 13.0. The SMILES string of the molecule is CCCc1nc(Cc2ccc(F)cc2Cl)sc1CN. The molecular weight excluding hydrogens is 283 g/mol. The van der Waals surface area contributed by atoms with Crippen LogP contribution in [0.3, 0.4) is 0 Å². The summed E-state index contributed by atoms with van der Waals surface area (Å²) in [6.07, 6.45) is 2.62. The smallest absolute Gasteiger partial charge is 0.124 e. The highest BCUT2D eigenvalue weighted by atomic mass is 35.5. The lowest BCUT2D eigenvalue weighted by Gasteiger charge is -2.01. The molecule has 0 saturated carbocycles. The predicted octanol–water partition coefficient (Wildman–Crippen LogP) is 3.94. The van der Waals surface area contributed by atoms with Gasteiger partial charge < -0.3 is 5.73 Å². The van der Waals surface area contributed by atoms with Crippen LogP contribution in [-0.2, 0) is 19.4 Å². The van der Waals surface area contributed by atoms with Gasteiger partial charge in [0.05, 0.1) is 10.7 Å². The Kier molecular flexibility index (Phi) is 4.91. The van der Waals surface area contributed by atoms with Crippen molar-refractivity contribution in [3.8, 4) is 0 Å². The number of halogens is 2. The first kappa shape index (κ1) is 14.4. The molecular formula is C14H16ClFN2S. The van der Waals surface area contributed by atoms with Crippen LogP contribution in [0, 0.1) is 5.82 Å². The molecule has 2 aromatic rings. The molecule has 0 aliphatic rings. The van der Waals surface area contributed by atoms with Gasteiger partial charge in [-0.2, -0.15) is 0 Å².